The highest BCUT2D eigenvalue weighted by Gasteiger charge is 2.30. The van der Waals surface area contributed by atoms with Crippen LogP contribution in [0.25, 0.3) is 0 Å². The van der Waals surface area contributed by atoms with Crippen molar-refractivity contribution in [1.29, 1.82) is 0 Å². The number of carbonyl (C=O) groups excluding carboxylic acids is 1. The third kappa shape index (κ3) is 5.05. The number of methoxy groups -OCH3 is 1. The van der Waals surface area contributed by atoms with E-state index in [2.05, 4.69) is 39.3 Å². The second kappa shape index (κ2) is 8.03. The maximum atomic E-state index is 12.2. The van der Waals surface area contributed by atoms with Crippen molar-refractivity contribution in [2.75, 3.05) is 34.3 Å². The number of ether oxygens (including phenoxy) is 1. The molecular weight excluding hydrogens is 264 g/mol. The summed E-state index contributed by atoms with van der Waals surface area (Å²) in [5, 5.41) is 3.01. The number of rotatable bonds is 8. The number of hydrogen-bond donors (Lipinski definition) is 2. The number of para-hydroxylation sites is 1. The number of nitrogens with one attached hydrogen (secondary N) is 2. The SMILES string of the molecule is CC[C@@](C)(CC(=O)NCC[NH+](C)C)c1ccccc1OC. The summed E-state index contributed by atoms with van der Waals surface area (Å²) >= 11 is 0. The van der Waals surface area contributed by atoms with E-state index in [1.54, 1.807) is 7.11 Å². The summed E-state index contributed by atoms with van der Waals surface area (Å²) in [7, 11) is 5.84. The first kappa shape index (κ1) is 17.5. The molecule has 0 aliphatic carbocycles. The van der Waals surface area contributed by atoms with Crippen LogP contribution in [0.2, 0.25) is 0 Å². The molecule has 0 heterocycles. The van der Waals surface area contributed by atoms with Gasteiger partial charge in [0.2, 0.25) is 5.91 Å². The van der Waals surface area contributed by atoms with Crippen molar-refractivity contribution in [2.45, 2.75) is 32.1 Å². The highest BCUT2D eigenvalue weighted by molar-refractivity contribution is 5.77. The van der Waals surface area contributed by atoms with Crippen LogP contribution < -0.4 is 15.0 Å². The molecule has 0 aromatic heterocycles. The van der Waals surface area contributed by atoms with Gasteiger partial charge in [-0.2, -0.15) is 0 Å². The summed E-state index contributed by atoms with van der Waals surface area (Å²) in [6.07, 6.45) is 1.37. The Labute approximate surface area is 128 Å². The van der Waals surface area contributed by atoms with E-state index in [0.29, 0.717) is 13.0 Å². The summed E-state index contributed by atoms with van der Waals surface area (Å²) < 4.78 is 5.45. The van der Waals surface area contributed by atoms with Gasteiger partial charge in [0.05, 0.1) is 34.3 Å². The van der Waals surface area contributed by atoms with E-state index in [4.69, 9.17) is 4.74 Å². The molecule has 4 heteroatoms. The Kier molecular flexibility index (Phi) is 6.69. The molecule has 0 bridgehead atoms. The summed E-state index contributed by atoms with van der Waals surface area (Å²) in [5.74, 6) is 0.957. The molecule has 0 aliphatic heterocycles. The highest BCUT2D eigenvalue weighted by Crippen LogP contribution is 2.37. The summed E-state index contributed by atoms with van der Waals surface area (Å²) in [4.78, 5) is 13.5. The number of amides is 1. The molecule has 1 aromatic carbocycles. The molecule has 4 nitrogen and oxygen atoms in total. The second-order valence-electron chi connectivity index (χ2n) is 6.10. The van der Waals surface area contributed by atoms with Crippen molar-refractivity contribution < 1.29 is 14.4 Å². The summed E-state index contributed by atoms with van der Waals surface area (Å²) in [6.45, 7) is 5.89. The smallest absolute Gasteiger partial charge is 0.221 e. The maximum absolute atomic E-state index is 12.2. The predicted molar refractivity (Wildman–Crippen MR) is 85.9 cm³/mol. The predicted octanol–water partition coefficient (Wildman–Crippen LogP) is 1.01. The zero-order valence-corrected chi connectivity index (χ0v) is 14.0. The van der Waals surface area contributed by atoms with E-state index >= 15 is 0 Å². The van der Waals surface area contributed by atoms with Crippen molar-refractivity contribution in [3.63, 3.8) is 0 Å². The molecule has 0 saturated carbocycles. The molecule has 2 N–H and O–H groups in total. The Morgan fingerprint density at radius 3 is 2.57 bits per heavy atom. The lowest BCUT2D eigenvalue weighted by molar-refractivity contribution is -0.856. The average molecular weight is 293 g/mol. The minimum atomic E-state index is -0.207. The van der Waals surface area contributed by atoms with Crippen LogP contribution in [0.4, 0.5) is 0 Å². The Morgan fingerprint density at radius 1 is 1.33 bits per heavy atom. The fraction of sp³-hybridized carbons (Fsp3) is 0.588. The number of hydrogen-bond acceptors (Lipinski definition) is 2. The normalized spacial score (nSPS) is 13.8. The molecule has 0 fully saturated rings. The number of quaternary nitrogens is 1. The zero-order chi connectivity index (χ0) is 15.9. The molecule has 21 heavy (non-hydrogen) atoms. The third-order valence-electron chi connectivity index (χ3n) is 4.04. The minimum absolute atomic E-state index is 0.103. The first-order valence-electron chi connectivity index (χ1n) is 7.62. The van der Waals surface area contributed by atoms with Gasteiger partial charge in [0.15, 0.2) is 0 Å². The van der Waals surface area contributed by atoms with Gasteiger partial charge >= 0.3 is 0 Å². The molecule has 1 aromatic rings. The topological polar surface area (TPSA) is 42.8 Å². The van der Waals surface area contributed by atoms with Crippen molar-refractivity contribution in [3.05, 3.63) is 29.8 Å². The van der Waals surface area contributed by atoms with Crippen LogP contribution in [-0.4, -0.2) is 40.2 Å². The van der Waals surface area contributed by atoms with Crippen LogP contribution in [0.15, 0.2) is 24.3 Å². The molecule has 1 amide bonds. The molecule has 1 rings (SSSR count). The Morgan fingerprint density at radius 2 is 2.00 bits per heavy atom. The quantitative estimate of drug-likeness (QED) is 0.751. The fourth-order valence-corrected chi connectivity index (χ4v) is 2.42. The molecule has 0 saturated heterocycles. The van der Waals surface area contributed by atoms with E-state index in [1.165, 1.54) is 4.90 Å². The first-order chi connectivity index (χ1) is 9.92. The fourth-order valence-electron chi connectivity index (χ4n) is 2.42. The monoisotopic (exact) mass is 293 g/mol. The van der Waals surface area contributed by atoms with E-state index < -0.39 is 0 Å². The van der Waals surface area contributed by atoms with Gasteiger partial charge in [0.25, 0.3) is 0 Å². The summed E-state index contributed by atoms with van der Waals surface area (Å²) in [5.41, 5.74) is 0.894. The van der Waals surface area contributed by atoms with Gasteiger partial charge in [0, 0.05) is 17.4 Å². The minimum Gasteiger partial charge on any atom is -0.496 e. The molecule has 0 radical (unpaired) electrons. The van der Waals surface area contributed by atoms with E-state index in [-0.39, 0.29) is 11.3 Å². The van der Waals surface area contributed by atoms with Gasteiger partial charge in [-0.25, -0.2) is 0 Å². The van der Waals surface area contributed by atoms with Crippen molar-refractivity contribution in [1.82, 2.24) is 5.32 Å². The van der Waals surface area contributed by atoms with E-state index in [9.17, 15) is 4.79 Å². The Balaban J connectivity index is 2.78. The maximum Gasteiger partial charge on any atom is 0.221 e. The van der Waals surface area contributed by atoms with Crippen molar-refractivity contribution in [2.24, 2.45) is 0 Å². The highest BCUT2D eigenvalue weighted by atomic mass is 16.5. The lowest BCUT2D eigenvalue weighted by Gasteiger charge is -2.29. The lowest BCUT2D eigenvalue weighted by atomic mass is 9.76. The van der Waals surface area contributed by atoms with Crippen LogP contribution in [0.5, 0.6) is 5.75 Å². The van der Waals surface area contributed by atoms with Gasteiger partial charge in [0.1, 0.15) is 5.75 Å². The number of benzene rings is 1. The van der Waals surface area contributed by atoms with Crippen LogP contribution >= 0.6 is 0 Å². The molecular formula is C17H29N2O2+. The van der Waals surface area contributed by atoms with Gasteiger partial charge < -0.3 is 15.0 Å². The second-order valence-corrected chi connectivity index (χ2v) is 6.10. The van der Waals surface area contributed by atoms with Gasteiger partial charge in [-0.3, -0.25) is 4.79 Å². The van der Waals surface area contributed by atoms with Crippen LogP contribution in [0, 0.1) is 0 Å². The van der Waals surface area contributed by atoms with E-state index in [1.807, 2.05) is 18.2 Å². The van der Waals surface area contributed by atoms with Crippen LogP contribution in [0.1, 0.15) is 32.3 Å². The Hall–Kier alpha value is -1.55. The third-order valence-corrected chi connectivity index (χ3v) is 4.04. The molecule has 0 unspecified atom stereocenters. The van der Waals surface area contributed by atoms with Gasteiger partial charge in [-0.1, -0.05) is 32.0 Å². The lowest BCUT2D eigenvalue weighted by Crippen LogP contribution is -3.06. The Bertz CT molecular complexity index is 460. The number of carbonyl (C=O) groups is 1. The molecule has 0 aliphatic rings. The van der Waals surface area contributed by atoms with Crippen molar-refractivity contribution in [3.8, 4) is 5.75 Å². The zero-order valence-electron chi connectivity index (χ0n) is 14.0. The van der Waals surface area contributed by atoms with Crippen LogP contribution in [0.3, 0.4) is 0 Å². The largest absolute Gasteiger partial charge is 0.496 e. The van der Waals surface area contributed by atoms with Crippen LogP contribution in [-0.2, 0) is 10.2 Å². The van der Waals surface area contributed by atoms with Gasteiger partial charge in [-0.15, -0.1) is 0 Å². The molecule has 118 valence electrons. The standard InChI is InChI=1S/C17H28N2O2/c1-6-17(2,13-16(20)18-11-12-19(3)4)14-9-7-8-10-15(14)21-5/h7-10H,6,11-13H2,1-5H3,(H,18,20)/p+1/t17-/m0/s1. The van der Waals surface area contributed by atoms with E-state index in [0.717, 1.165) is 24.3 Å². The van der Waals surface area contributed by atoms with Crippen molar-refractivity contribution >= 4 is 5.91 Å². The molecule has 1 atom stereocenters. The number of likely N-dealkylation sites (N-methyl/N-ethyl adjacent to an activating group) is 1. The van der Waals surface area contributed by atoms with Gasteiger partial charge in [-0.05, 0) is 12.5 Å². The summed E-state index contributed by atoms with van der Waals surface area (Å²) in [6, 6.07) is 7.97. The molecule has 0 spiro atoms. The average Bonchev–Trinajstić information content (AvgIpc) is 2.46. The first-order valence-corrected chi connectivity index (χ1v) is 7.62.